The van der Waals surface area contributed by atoms with E-state index in [1.165, 1.54) is 0 Å². The van der Waals surface area contributed by atoms with Crippen LogP contribution in [0.3, 0.4) is 0 Å². The van der Waals surface area contributed by atoms with E-state index in [1.54, 1.807) is 26.4 Å². The smallest absolute Gasteiger partial charge is 0.172 e. The quantitative estimate of drug-likeness (QED) is 0.648. The number of hydrogen-bond acceptors (Lipinski definition) is 4. The van der Waals surface area contributed by atoms with Gasteiger partial charge < -0.3 is 14.8 Å². The zero-order valence-electron chi connectivity index (χ0n) is 13.2. The molecule has 0 spiro atoms. The van der Waals surface area contributed by atoms with Crippen LogP contribution in [0, 0.1) is 0 Å². The van der Waals surface area contributed by atoms with Gasteiger partial charge >= 0.3 is 0 Å². The Balaban J connectivity index is 2.00. The molecule has 4 nitrogen and oxygen atoms in total. The van der Waals surface area contributed by atoms with E-state index in [9.17, 15) is 4.79 Å². The summed E-state index contributed by atoms with van der Waals surface area (Å²) in [5.74, 6) is 1.52. The van der Waals surface area contributed by atoms with Gasteiger partial charge in [-0.25, -0.2) is 0 Å². The summed E-state index contributed by atoms with van der Waals surface area (Å²) in [4.78, 5) is 12.0. The number of methoxy groups -OCH3 is 2. The number of benzene rings is 1. The molecule has 2 rings (SSSR count). The summed E-state index contributed by atoms with van der Waals surface area (Å²) in [6.45, 7) is 0.932. The van der Waals surface area contributed by atoms with Gasteiger partial charge in [0.15, 0.2) is 17.3 Å². The van der Waals surface area contributed by atoms with Crippen LogP contribution in [0.4, 0.5) is 0 Å². The van der Waals surface area contributed by atoms with Crippen LogP contribution in [0.1, 0.15) is 24.8 Å². The fraction of sp³-hybridized carbons (Fsp3) is 0.389. The Bertz CT molecular complexity index is 557. The number of para-hydroxylation sites is 1. The van der Waals surface area contributed by atoms with Gasteiger partial charge in [0, 0.05) is 5.56 Å². The summed E-state index contributed by atoms with van der Waals surface area (Å²) in [7, 11) is 3.23. The first-order valence-corrected chi connectivity index (χ1v) is 7.59. The highest BCUT2D eigenvalue weighted by atomic mass is 16.5. The predicted octanol–water partition coefficient (Wildman–Crippen LogP) is 2.98. The van der Waals surface area contributed by atoms with E-state index in [2.05, 4.69) is 5.32 Å². The zero-order chi connectivity index (χ0) is 15.8. The van der Waals surface area contributed by atoms with Crippen molar-refractivity contribution in [1.82, 2.24) is 5.32 Å². The second-order valence-corrected chi connectivity index (χ2v) is 5.21. The Labute approximate surface area is 131 Å². The second-order valence-electron chi connectivity index (χ2n) is 5.21. The van der Waals surface area contributed by atoms with Gasteiger partial charge in [-0.3, -0.25) is 4.79 Å². The van der Waals surface area contributed by atoms with Crippen molar-refractivity contribution in [1.29, 1.82) is 0 Å². The SMILES string of the molecule is COc1cccc(/C=C/C=C/C(=O)C2CCCCN2)c1OC. The molecule has 4 heteroatoms. The van der Waals surface area contributed by atoms with Crippen LogP contribution in [-0.4, -0.2) is 32.6 Å². The minimum atomic E-state index is -0.0234. The second kappa shape index (κ2) is 8.39. The van der Waals surface area contributed by atoms with E-state index in [1.807, 2.05) is 30.4 Å². The fourth-order valence-electron chi connectivity index (χ4n) is 2.56. The molecular formula is C18H23NO3. The van der Waals surface area contributed by atoms with Crippen molar-refractivity contribution in [3.05, 3.63) is 42.0 Å². The van der Waals surface area contributed by atoms with E-state index in [-0.39, 0.29) is 11.8 Å². The number of hydrogen-bond donors (Lipinski definition) is 1. The highest BCUT2D eigenvalue weighted by Gasteiger charge is 2.17. The average Bonchev–Trinajstić information content (AvgIpc) is 2.58. The first-order valence-electron chi connectivity index (χ1n) is 7.59. The Hall–Kier alpha value is -2.07. The number of allylic oxidation sites excluding steroid dienone is 2. The van der Waals surface area contributed by atoms with Gasteiger partial charge in [-0.2, -0.15) is 0 Å². The normalized spacial score (nSPS) is 18.7. The Morgan fingerprint density at radius 1 is 1.23 bits per heavy atom. The number of ether oxygens (including phenoxy) is 2. The molecule has 0 aromatic heterocycles. The van der Waals surface area contributed by atoms with Crippen molar-refractivity contribution in [2.24, 2.45) is 0 Å². The predicted molar refractivity (Wildman–Crippen MR) is 88.4 cm³/mol. The lowest BCUT2D eigenvalue weighted by atomic mass is 10.0. The number of carbonyl (C=O) groups excluding carboxylic acids is 1. The molecule has 22 heavy (non-hydrogen) atoms. The number of carbonyl (C=O) groups is 1. The number of ketones is 1. The highest BCUT2D eigenvalue weighted by Crippen LogP contribution is 2.31. The van der Waals surface area contributed by atoms with E-state index in [4.69, 9.17) is 9.47 Å². The molecule has 1 atom stereocenters. The van der Waals surface area contributed by atoms with E-state index >= 15 is 0 Å². The van der Waals surface area contributed by atoms with Crippen LogP contribution in [0.2, 0.25) is 0 Å². The maximum absolute atomic E-state index is 12.0. The summed E-state index contributed by atoms with van der Waals surface area (Å²) < 4.78 is 10.6. The van der Waals surface area contributed by atoms with Crippen LogP contribution in [0.5, 0.6) is 11.5 Å². The van der Waals surface area contributed by atoms with E-state index < -0.39 is 0 Å². The maximum atomic E-state index is 12.0. The summed E-state index contributed by atoms with van der Waals surface area (Å²) in [6, 6.07) is 5.67. The molecule has 1 N–H and O–H groups in total. The number of rotatable bonds is 6. The Morgan fingerprint density at radius 3 is 2.77 bits per heavy atom. The van der Waals surface area contributed by atoms with Crippen molar-refractivity contribution in [3.63, 3.8) is 0 Å². The van der Waals surface area contributed by atoms with E-state index in [0.717, 1.165) is 31.4 Å². The third kappa shape index (κ3) is 4.21. The first kappa shape index (κ1) is 16.3. The Kier molecular flexibility index (Phi) is 6.22. The van der Waals surface area contributed by atoms with Crippen molar-refractivity contribution in [3.8, 4) is 11.5 Å². The number of piperidine rings is 1. The van der Waals surface area contributed by atoms with Crippen LogP contribution < -0.4 is 14.8 Å². The zero-order valence-corrected chi connectivity index (χ0v) is 13.2. The molecule has 1 saturated heterocycles. The van der Waals surface area contributed by atoms with Crippen molar-refractivity contribution < 1.29 is 14.3 Å². The largest absolute Gasteiger partial charge is 0.493 e. The molecule has 0 aliphatic carbocycles. The maximum Gasteiger partial charge on any atom is 0.172 e. The van der Waals surface area contributed by atoms with Crippen LogP contribution in [0.15, 0.2) is 36.4 Å². The molecule has 1 fully saturated rings. The molecule has 0 radical (unpaired) electrons. The summed E-state index contributed by atoms with van der Waals surface area (Å²) in [5.41, 5.74) is 0.912. The Morgan fingerprint density at radius 2 is 2.09 bits per heavy atom. The lowest BCUT2D eigenvalue weighted by molar-refractivity contribution is -0.117. The van der Waals surface area contributed by atoms with Gasteiger partial charge in [0.05, 0.1) is 20.3 Å². The molecule has 1 unspecified atom stereocenters. The molecule has 118 valence electrons. The first-order chi connectivity index (χ1) is 10.8. The van der Waals surface area contributed by atoms with Gasteiger partial charge in [-0.1, -0.05) is 36.8 Å². The minimum Gasteiger partial charge on any atom is -0.493 e. The third-order valence-corrected chi connectivity index (χ3v) is 3.73. The lowest BCUT2D eigenvalue weighted by Gasteiger charge is -2.20. The minimum absolute atomic E-state index is 0.0234. The number of nitrogens with one attached hydrogen (secondary N) is 1. The van der Waals surface area contributed by atoms with Crippen LogP contribution in [-0.2, 0) is 4.79 Å². The fourth-order valence-corrected chi connectivity index (χ4v) is 2.56. The average molecular weight is 301 g/mol. The van der Waals surface area contributed by atoms with Gasteiger partial charge in [0.2, 0.25) is 0 Å². The molecule has 0 bridgehead atoms. The molecule has 0 amide bonds. The molecule has 1 aliphatic heterocycles. The van der Waals surface area contributed by atoms with Crippen LogP contribution in [0.25, 0.3) is 6.08 Å². The summed E-state index contributed by atoms with van der Waals surface area (Å²) in [6.07, 6.45) is 10.4. The summed E-state index contributed by atoms with van der Waals surface area (Å²) in [5, 5.41) is 3.25. The standard InChI is InChI=1S/C18H23NO3/c1-21-17-12-7-9-14(18(17)22-2)8-3-4-11-16(20)15-10-5-6-13-19-15/h3-4,7-9,11-12,15,19H,5-6,10,13H2,1-2H3/b8-3+,11-4+. The molecule has 1 heterocycles. The molecule has 1 aromatic carbocycles. The molecule has 1 aromatic rings. The van der Waals surface area contributed by atoms with Gasteiger partial charge in [0.25, 0.3) is 0 Å². The van der Waals surface area contributed by atoms with Gasteiger partial charge in [-0.15, -0.1) is 0 Å². The van der Waals surface area contributed by atoms with Crippen molar-refractivity contribution in [2.45, 2.75) is 25.3 Å². The van der Waals surface area contributed by atoms with Crippen LogP contribution >= 0.6 is 0 Å². The van der Waals surface area contributed by atoms with Crippen molar-refractivity contribution in [2.75, 3.05) is 20.8 Å². The topological polar surface area (TPSA) is 47.6 Å². The molecule has 1 aliphatic rings. The third-order valence-electron chi connectivity index (χ3n) is 3.73. The monoisotopic (exact) mass is 301 g/mol. The lowest BCUT2D eigenvalue weighted by Crippen LogP contribution is -2.39. The highest BCUT2D eigenvalue weighted by molar-refractivity contribution is 5.94. The van der Waals surface area contributed by atoms with E-state index in [0.29, 0.717) is 11.5 Å². The molecule has 0 saturated carbocycles. The molecular weight excluding hydrogens is 278 g/mol. The van der Waals surface area contributed by atoms with Gasteiger partial charge in [-0.05, 0) is 31.5 Å². The van der Waals surface area contributed by atoms with Crippen molar-refractivity contribution >= 4 is 11.9 Å². The van der Waals surface area contributed by atoms with Gasteiger partial charge in [0.1, 0.15) is 0 Å². The summed E-state index contributed by atoms with van der Waals surface area (Å²) >= 11 is 0.